The summed E-state index contributed by atoms with van der Waals surface area (Å²) >= 11 is 2.95. The van der Waals surface area contributed by atoms with E-state index >= 15 is 0 Å². The standard InChI is InChI=1S/C12H11NOS2/c1-8-3-5-9(6-4-8)7-10-11(14)13-12(15-2)16-10/h3-7H,1-2H3/b10-7-. The van der Waals surface area contributed by atoms with Crippen LogP contribution in [0.2, 0.25) is 0 Å². The number of hydrogen-bond donors (Lipinski definition) is 0. The first kappa shape index (κ1) is 11.5. The molecule has 0 saturated carbocycles. The molecule has 0 bridgehead atoms. The Hall–Kier alpha value is -1.00. The highest BCUT2D eigenvalue weighted by atomic mass is 32.2. The van der Waals surface area contributed by atoms with Gasteiger partial charge in [-0.3, -0.25) is 4.79 Å². The fourth-order valence-corrected chi connectivity index (χ4v) is 2.71. The molecule has 1 aromatic carbocycles. The molecule has 1 aliphatic heterocycles. The Kier molecular flexibility index (Phi) is 3.51. The molecule has 2 rings (SSSR count). The third-order valence-corrected chi connectivity index (χ3v) is 4.12. The molecule has 16 heavy (non-hydrogen) atoms. The molecule has 0 radical (unpaired) electrons. The summed E-state index contributed by atoms with van der Waals surface area (Å²) in [5.74, 6) is -0.130. The number of carbonyl (C=O) groups is 1. The van der Waals surface area contributed by atoms with Gasteiger partial charge >= 0.3 is 0 Å². The molecule has 1 amide bonds. The Morgan fingerprint density at radius 3 is 2.56 bits per heavy atom. The van der Waals surface area contributed by atoms with Crippen molar-refractivity contribution in [3.05, 3.63) is 40.3 Å². The number of carbonyl (C=O) groups excluding carboxylic acids is 1. The Morgan fingerprint density at radius 1 is 1.31 bits per heavy atom. The van der Waals surface area contributed by atoms with Crippen LogP contribution in [0.15, 0.2) is 34.2 Å². The lowest BCUT2D eigenvalue weighted by Gasteiger charge is -1.96. The van der Waals surface area contributed by atoms with E-state index in [1.165, 1.54) is 29.1 Å². The van der Waals surface area contributed by atoms with E-state index < -0.39 is 0 Å². The summed E-state index contributed by atoms with van der Waals surface area (Å²) in [6.45, 7) is 2.04. The van der Waals surface area contributed by atoms with Crippen LogP contribution in [0.25, 0.3) is 6.08 Å². The smallest absolute Gasteiger partial charge is 0.266 e. The molecule has 0 unspecified atom stereocenters. The zero-order valence-corrected chi connectivity index (χ0v) is 10.7. The maximum atomic E-state index is 11.5. The largest absolute Gasteiger partial charge is 0.285 e. The highest BCUT2D eigenvalue weighted by Crippen LogP contribution is 2.32. The van der Waals surface area contributed by atoms with Crippen LogP contribution in [0.5, 0.6) is 0 Å². The molecule has 0 atom stereocenters. The van der Waals surface area contributed by atoms with E-state index in [1.807, 2.05) is 43.5 Å². The highest BCUT2D eigenvalue weighted by molar-refractivity contribution is 8.40. The molecule has 0 aliphatic carbocycles. The Morgan fingerprint density at radius 2 is 2.00 bits per heavy atom. The first-order valence-electron chi connectivity index (χ1n) is 4.82. The van der Waals surface area contributed by atoms with Crippen molar-refractivity contribution in [1.82, 2.24) is 0 Å². The van der Waals surface area contributed by atoms with Gasteiger partial charge in [-0.2, -0.15) is 4.99 Å². The van der Waals surface area contributed by atoms with Crippen LogP contribution in [-0.2, 0) is 4.79 Å². The van der Waals surface area contributed by atoms with Crippen molar-refractivity contribution in [3.63, 3.8) is 0 Å². The second-order valence-electron chi connectivity index (χ2n) is 3.41. The van der Waals surface area contributed by atoms with Crippen molar-refractivity contribution in [3.8, 4) is 0 Å². The van der Waals surface area contributed by atoms with Crippen LogP contribution in [0.4, 0.5) is 0 Å². The van der Waals surface area contributed by atoms with Crippen LogP contribution in [0, 0.1) is 6.92 Å². The molecule has 82 valence electrons. The quantitative estimate of drug-likeness (QED) is 0.715. The summed E-state index contributed by atoms with van der Waals surface area (Å²) in [4.78, 5) is 16.2. The number of benzene rings is 1. The summed E-state index contributed by atoms with van der Waals surface area (Å²) in [6, 6.07) is 8.08. The van der Waals surface area contributed by atoms with Crippen LogP contribution < -0.4 is 0 Å². The third-order valence-electron chi connectivity index (χ3n) is 2.15. The van der Waals surface area contributed by atoms with E-state index in [4.69, 9.17) is 0 Å². The minimum absolute atomic E-state index is 0.130. The van der Waals surface area contributed by atoms with Gasteiger partial charge in [-0.1, -0.05) is 41.6 Å². The lowest BCUT2D eigenvalue weighted by atomic mass is 10.1. The SMILES string of the molecule is CSC1=NC(=O)/C(=C/c2ccc(C)cc2)S1. The number of nitrogens with zero attached hydrogens (tertiary/aromatic N) is 1. The molecule has 2 nitrogen and oxygen atoms in total. The minimum atomic E-state index is -0.130. The van der Waals surface area contributed by atoms with Crippen LogP contribution in [0.3, 0.4) is 0 Å². The van der Waals surface area contributed by atoms with Gasteiger partial charge in [0.1, 0.15) is 4.38 Å². The lowest BCUT2D eigenvalue weighted by molar-refractivity contribution is -0.113. The zero-order valence-electron chi connectivity index (χ0n) is 9.06. The molecule has 0 spiro atoms. The van der Waals surface area contributed by atoms with E-state index in [1.54, 1.807) is 0 Å². The number of amides is 1. The molecule has 1 heterocycles. The van der Waals surface area contributed by atoms with Gasteiger partial charge in [0.2, 0.25) is 0 Å². The summed E-state index contributed by atoms with van der Waals surface area (Å²) in [5, 5.41) is 0. The van der Waals surface area contributed by atoms with Crippen LogP contribution in [-0.4, -0.2) is 16.5 Å². The number of aryl methyl sites for hydroxylation is 1. The van der Waals surface area contributed by atoms with E-state index in [9.17, 15) is 4.79 Å². The van der Waals surface area contributed by atoms with Crippen molar-refractivity contribution >= 4 is 39.9 Å². The second kappa shape index (κ2) is 4.89. The average molecular weight is 249 g/mol. The van der Waals surface area contributed by atoms with Gasteiger partial charge in [-0.15, -0.1) is 11.8 Å². The van der Waals surface area contributed by atoms with E-state index in [0.717, 1.165) is 9.94 Å². The lowest BCUT2D eigenvalue weighted by Crippen LogP contribution is -1.87. The number of aliphatic imine (C=N–C) groups is 1. The maximum Gasteiger partial charge on any atom is 0.285 e. The summed E-state index contributed by atoms with van der Waals surface area (Å²) in [5.41, 5.74) is 2.26. The first-order chi connectivity index (χ1) is 7.69. The first-order valence-corrected chi connectivity index (χ1v) is 6.86. The van der Waals surface area contributed by atoms with Gasteiger partial charge in [0.05, 0.1) is 4.91 Å². The van der Waals surface area contributed by atoms with E-state index in [-0.39, 0.29) is 5.91 Å². The predicted octanol–water partition coefficient (Wildman–Crippen LogP) is 3.33. The maximum absolute atomic E-state index is 11.5. The topological polar surface area (TPSA) is 29.4 Å². The number of rotatable bonds is 1. The monoisotopic (exact) mass is 249 g/mol. The van der Waals surface area contributed by atoms with Crippen LogP contribution >= 0.6 is 23.5 Å². The summed E-state index contributed by atoms with van der Waals surface area (Å²) in [7, 11) is 0. The minimum Gasteiger partial charge on any atom is -0.266 e. The fourth-order valence-electron chi connectivity index (χ4n) is 1.29. The molecular formula is C12H11NOS2. The Labute approximate surface area is 103 Å². The van der Waals surface area contributed by atoms with Gasteiger partial charge in [0, 0.05) is 0 Å². The molecule has 1 aromatic rings. The van der Waals surface area contributed by atoms with Gasteiger partial charge in [0.15, 0.2) is 0 Å². The molecule has 0 N–H and O–H groups in total. The van der Waals surface area contributed by atoms with Gasteiger partial charge < -0.3 is 0 Å². The summed E-state index contributed by atoms with van der Waals surface area (Å²) < 4.78 is 0.823. The molecule has 0 fully saturated rings. The van der Waals surface area contributed by atoms with Gasteiger partial charge in [0.25, 0.3) is 5.91 Å². The second-order valence-corrected chi connectivity index (χ2v) is 5.49. The average Bonchev–Trinajstić information content (AvgIpc) is 2.63. The zero-order chi connectivity index (χ0) is 11.5. The van der Waals surface area contributed by atoms with Crippen LogP contribution in [0.1, 0.15) is 11.1 Å². The fraction of sp³-hybridized carbons (Fsp3) is 0.167. The van der Waals surface area contributed by atoms with Gasteiger partial charge in [-0.25, -0.2) is 0 Å². The van der Waals surface area contributed by atoms with Crippen molar-refractivity contribution in [2.75, 3.05) is 6.26 Å². The summed E-state index contributed by atoms with van der Waals surface area (Å²) in [6.07, 6.45) is 3.81. The van der Waals surface area contributed by atoms with E-state index in [2.05, 4.69) is 4.99 Å². The Bertz CT molecular complexity index is 474. The molecule has 0 saturated heterocycles. The third kappa shape index (κ3) is 2.57. The molecule has 0 aromatic heterocycles. The van der Waals surface area contributed by atoms with Gasteiger partial charge in [-0.05, 0) is 24.8 Å². The Balaban J connectivity index is 2.21. The molecule has 1 aliphatic rings. The van der Waals surface area contributed by atoms with Crippen molar-refractivity contribution in [1.29, 1.82) is 0 Å². The molecule has 4 heteroatoms. The number of hydrogen-bond acceptors (Lipinski definition) is 3. The molecular weight excluding hydrogens is 238 g/mol. The van der Waals surface area contributed by atoms with Crippen molar-refractivity contribution in [2.24, 2.45) is 4.99 Å². The number of thioether (sulfide) groups is 2. The normalized spacial score (nSPS) is 18.0. The highest BCUT2D eigenvalue weighted by Gasteiger charge is 2.20. The van der Waals surface area contributed by atoms with Crippen molar-refractivity contribution < 1.29 is 4.79 Å². The predicted molar refractivity (Wildman–Crippen MR) is 72.7 cm³/mol. The van der Waals surface area contributed by atoms with Crippen molar-refractivity contribution in [2.45, 2.75) is 6.92 Å². The van der Waals surface area contributed by atoms with E-state index in [0.29, 0.717) is 4.91 Å².